The van der Waals surface area contributed by atoms with Gasteiger partial charge in [-0.25, -0.2) is 4.98 Å². The Labute approximate surface area is 124 Å². The predicted molar refractivity (Wildman–Crippen MR) is 86.3 cm³/mol. The van der Waals surface area contributed by atoms with E-state index < -0.39 is 0 Å². The van der Waals surface area contributed by atoms with Crippen molar-refractivity contribution >= 4 is 34.4 Å². The van der Waals surface area contributed by atoms with E-state index in [0.717, 1.165) is 23.6 Å². The largest absolute Gasteiger partial charge is 0.326 e. The molecule has 0 fully saturated rings. The van der Waals surface area contributed by atoms with Crippen molar-refractivity contribution in [1.29, 1.82) is 0 Å². The second-order valence-corrected chi connectivity index (χ2v) is 6.77. The fourth-order valence-electron chi connectivity index (χ4n) is 2.52. The summed E-state index contributed by atoms with van der Waals surface area (Å²) in [7, 11) is 0. The maximum absolute atomic E-state index is 6.30. The van der Waals surface area contributed by atoms with Gasteiger partial charge in [0.15, 0.2) is 0 Å². The summed E-state index contributed by atoms with van der Waals surface area (Å²) in [5, 5.41) is -0.0618. The van der Waals surface area contributed by atoms with Gasteiger partial charge >= 0.3 is 0 Å². The molecule has 0 amide bonds. The molecule has 0 aliphatic rings. The Balaban J connectivity index is 2.51. The number of hydrogen-bond donors (Lipinski definition) is 0. The summed E-state index contributed by atoms with van der Waals surface area (Å²) in [5.41, 5.74) is 3.56. The first-order valence-electron chi connectivity index (χ1n) is 6.63. The van der Waals surface area contributed by atoms with Crippen molar-refractivity contribution in [3.8, 4) is 0 Å². The summed E-state index contributed by atoms with van der Waals surface area (Å²) in [6.07, 6.45) is 2.15. The third kappa shape index (κ3) is 3.09. The molecule has 0 bridgehead atoms. The van der Waals surface area contributed by atoms with Crippen LogP contribution < -0.4 is 0 Å². The van der Waals surface area contributed by atoms with Gasteiger partial charge < -0.3 is 4.57 Å². The summed E-state index contributed by atoms with van der Waals surface area (Å²) in [6, 6.07) is 6.27. The molecule has 2 rings (SSSR count). The first-order chi connectivity index (χ1) is 9.04. The van der Waals surface area contributed by atoms with E-state index in [1.165, 1.54) is 11.1 Å². The molecular weight excluding hydrogens is 276 g/mol. The third-order valence-corrected chi connectivity index (χ3v) is 4.40. The molecule has 2 nitrogen and oxygen atoms in total. The number of imidazole rings is 1. The highest BCUT2D eigenvalue weighted by molar-refractivity contribution is 7.98. The zero-order valence-corrected chi connectivity index (χ0v) is 13.6. The minimum absolute atomic E-state index is 0.0618. The number of para-hydroxylation sites is 1. The van der Waals surface area contributed by atoms with Gasteiger partial charge in [-0.1, -0.05) is 19.1 Å². The second-order valence-electron chi connectivity index (χ2n) is 5.20. The molecule has 0 saturated heterocycles. The molecule has 0 aliphatic carbocycles. The Morgan fingerprint density at radius 1 is 1.37 bits per heavy atom. The van der Waals surface area contributed by atoms with Crippen LogP contribution in [0.3, 0.4) is 0 Å². The number of rotatable bonds is 5. The van der Waals surface area contributed by atoms with Gasteiger partial charge in [-0.3, -0.25) is 0 Å². The molecule has 4 heteroatoms. The van der Waals surface area contributed by atoms with Gasteiger partial charge in [-0.15, -0.1) is 11.6 Å². The van der Waals surface area contributed by atoms with Gasteiger partial charge in [0, 0.05) is 6.54 Å². The molecule has 0 spiro atoms. The first-order valence-corrected chi connectivity index (χ1v) is 8.46. The zero-order valence-electron chi connectivity index (χ0n) is 12.0. The lowest BCUT2D eigenvalue weighted by atomic mass is 10.2. The minimum atomic E-state index is -0.0618. The SMILES string of the molecule is CSCC(C)Cn1c(C(C)Cl)nc2cccc(C)c21. The molecule has 1 heterocycles. The first kappa shape index (κ1) is 14.7. The minimum Gasteiger partial charge on any atom is -0.326 e. The fourth-order valence-corrected chi connectivity index (χ4v) is 3.36. The predicted octanol–water partition coefficient (Wildman–Crippen LogP) is 4.64. The molecule has 2 unspecified atom stereocenters. The van der Waals surface area contributed by atoms with Crippen LogP contribution in [0.25, 0.3) is 11.0 Å². The van der Waals surface area contributed by atoms with Crippen molar-refractivity contribution in [3.63, 3.8) is 0 Å². The molecule has 1 aromatic carbocycles. The van der Waals surface area contributed by atoms with Gasteiger partial charge in [0.25, 0.3) is 0 Å². The lowest BCUT2D eigenvalue weighted by Crippen LogP contribution is -2.13. The van der Waals surface area contributed by atoms with Gasteiger partial charge in [0.2, 0.25) is 0 Å². The number of aryl methyl sites for hydroxylation is 1. The number of fused-ring (bicyclic) bond motifs is 1. The van der Waals surface area contributed by atoms with Crippen LogP contribution in [-0.4, -0.2) is 21.6 Å². The molecule has 0 radical (unpaired) electrons. The number of thioether (sulfide) groups is 1. The summed E-state index contributed by atoms with van der Waals surface area (Å²) in [4.78, 5) is 4.71. The Bertz CT molecular complexity index is 563. The van der Waals surface area contributed by atoms with Crippen molar-refractivity contribution < 1.29 is 0 Å². The summed E-state index contributed by atoms with van der Waals surface area (Å²) in [6.45, 7) is 7.40. The molecule has 104 valence electrons. The monoisotopic (exact) mass is 296 g/mol. The molecule has 0 N–H and O–H groups in total. The second kappa shape index (κ2) is 6.19. The highest BCUT2D eigenvalue weighted by Gasteiger charge is 2.17. The highest BCUT2D eigenvalue weighted by Crippen LogP contribution is 2.27. The Kier molecular flexibility index (Phi) is 4.80. The van der Waals surface area contributed by atoms with E-state index in [-0.39, 0.29) is 5.38 Å². The van der Waals surface area contributed by atoms with Crippen LogP contribution in [0.1, 0.15) is 30.6 Å². The van der Waals surface area contributed by atoms with Gasteiger partial charge in [0.1, 0.15) is 5.82 Å². The van der Waals surface area contributed by atoms with Crippen LogP contribution in [0.2, 0.25) is 0 Å². The van der Waals surface area contributed by atoms with Crippen molar-refractivity contribution in [3.05, 3.63) is 29.6 Å². The lowest BCUT2D eigenvalue weighted by molar-refractivity contribution is 0.524. The zero-order chi connectivity index (χ0) is 14.0. The molecule has 0 saturated carbocycles. The normalized spacial score (nSPS) is 14.8. The van der Waals surface area contributed by atoms with Crippen LogP contribution >= 0.6 is 23.4 Å². The number of nitrogens with zero attached hydrogens (tertiary/aromatic N) is 2. The highest BCUT2D eigenvalue weighted by atomic mass is 35.5. The summed E-state index contributed by atoms with van der Waals surface area (Å²) in [5.74, 6) is 2.75. The van der Waals surface area contributed by atoms with E-state index in [1.54, 1.807) is 0 Å². The fraction of sp³-hybridized carbons (Fsp3) is 0.533. The standard InChI is InChI=1S/C15H21ClN2S/c1-10(9-19-4)8-18-14-11(2)6-5-7-13(14)17-15(18)12(3)16/h5-7,10,12H,8-9H2,1-4H3. The Morgan fingerprint density at radius 3 is 2.74 bits per heavy atom. The van der Waals surface area contributed by atoms with Crippen molar-refractivity contribution in [2.24, 2.45) is 5.92 Å². The lowest BCUT2D eigenvalue weighted by Gasteiger charge is -2.16. The van der Waals surface area contributed by atoms with E-state index in [4.69, 9.17) is 16.6 Å². The van der Waals surface area contributed by atoms with Crippen molar-refractivity contribution in [2.45, 2.75) is 32.7 Å². The Hall–Kier alpha value is -0.670. The van der Waals surface area contributed by atoms with Gasteiger partial charge in [-0.2, -0.15) is 11.8 Å². The van der Waals surface area contributed by atoms with Crippen LogP contribution in [0.5, 0.6) is 0 Å². The van der Waals surface area contributed by atoms with Crippen LogP contribution in [-0.2, 0) is 6.54 Å². The molecule has 2 aromatic rings. The van der Waals surface area contributed by atoms with Crippen LogP contribution in [0, 0.1) is 12.8 Å². The van der Waals surface area contributed by atoms with Crippen molar-refractivity contribution in [2.75, 3.05) is 12.0 Å². The van der Waals surface area contributed by atoms with Crippen LogP contribution in [0.15, 0.2) is 18.2 Å². The number of alkyl halides is 1. The van der Waals surface area contributed by atoms with Gasteiger partial charge in [-0.05, 0) is 43.4 Å². The summed E-state index contributed by atoms with van der Waals surface area (Å²) >= 11 is 8.19. The maximum atomic E-state index is 6.30. The number of hydrogen-bond acceptors (Lipinski definition) is 2. The average Bonchev–Trinajstić information content (AvgIpc) is 2.70. The number of benzene rings is 1. The number of halogens is 1. The van der Waals surface area contributed by atoms with E-state index >= 15 is 0 Å². The average molecular weight is 297 g/mol. The topological polar surface area (TPSA) is 17.8 Å². The van der Waals surface area contributed by atoms with E-state index in [9.17, 15) is 0 Å². The Morgan fingerprint density at radius 2 is 2.11 bits per heavy atom. The summed E-state index contributed by atoms with van der Waals surface area (Å²) < 4.78 is 2.31. The molecule has 19 heavy (non-hydrogen) atoms. The third-order valence-electron chi connectivity index (χ3n) is 3.30. The maximum Gasteiger partial charge on any atom is 0.127 e. The van der Waals surface area contributed by atoms with Crippen molar-refractivity contribution in [1.82, 2.24) is 9.55 Å². The van der Waals surface area contributed by atoms with E-state index in [2.05, 4.69) is 42.9 Å². The van der Waals surface area contributed by atoms with Crippen LogP contribution in [0.4, 0.5) is 0 Å². The quantitative estimate of drug-likeness (QED) is 0.748. The molecule has 1 aromatic heterocycles. The van der Waals surface area contributed by atoms with E-state index in [0.29, 0.717) is 5.92 Å². The smallest absolute Gasteiger partial charge is 0.127 e. The number of aromatic nitrogens is 2. The molecular formula is C15H21ClN2S. The van der Waals surface area contributed by atoms with E-state index in [1.807, 2.05) is 18.7 Å². The molecule has 0 aliphatic heterocycles. The van der Waals surface area contributed by atoms with Gasteiger partial charge in [0.05, 0.1) is 16.4 Å². The molecule has 2 atom stereocenters.